The van der Waals surface area contributed by atoms with Crippen LogP contribution in [0.5, 0.6) is 11.5 Å². The zero-order chi connectivity index (χ0) is 18.1. The zero-order valence-corrected chi connectivity index (χ0v) is 13.4. The van der Waals surface area contributed by atoms with Crippen LogP contribution in [-0.2, 0) is 11.3 Å². The minimum absolute atomic E-state index is 0.00359. The van der Waals surface area contributed by atoms with Gasteiger partial charge in [0.05, 0.1) is 11.4 Å². The summed E-state index contributed by atoms with van der Waals surface area (Å²) < 4.78 is 26.9. The molecular formula is C17H11F2NO4S. The first-order chi connectivity index (χ1) is 11.9. The number of carbonyl (C=O) groups excluding carboxylic acids is 2. The molecule has 0 unspecified atom stereocenters. The van der Waals surface area contributed by atoms with Gasteiger partial charge in [-0.05, 0) is 47.7 Å². The van der Waals surface area contributed by atoms with E-state index in [4.69, 9.17) is 0 Å². The van der Waals surface area contributed by atoms with Gasteiger partial charge >= 0.3 is 0 Å². The van der Waals surface area contributed by atoms with Gasteiger partial charge in [-0.2, -0.15) is 0 Å². The largest absolute Gasteiger partial charge is 0.508 e. The summed E-state index contributed by atoms with van der Waals surface area (Å²) in [5, 5.41) is 18.2. The highest BCUT2D eigenvalue weighted by Crippen LogP contribution is 2.35. The molecule has 1 heterocycles. The molecule has 5 nitrogen and oxygen atoms in total. The lowest BCUT2D eigenvalue weighted by atomic mass is 10.1. The fraction of sp³-hybridized carbons (Fsp3) is 0.0588. The lowest BCUT2D eigenvalue weighted by molar-refractivity contribution is -0.123. The van der Waals surface area contributed by atoms with Crippen LogP contribution in [0.3, 0.4) is 0 Å². The lowest BCUT2D eigenvalue weighted by Crippen LogP contribution is -2.27. The van der Waals surface area contributed by atoms with E-state index in [1.54, 1.807) is 12.1 Å². The van der Waals surface area contributed by atoms with Crippen LogP contribution in [0.4, 0.5) is 13.6 Å². The maximum atomic E-state index is 13.8. The Kier molecular flexibility index (Phi) is 4.45. The lowest BCUT2D eigenvalue weighted by Gasteiger charge is -2.12. The van der Waals surface area contributed by atoms with Gasteiger partial charge in [0.2, 0.25) is 0 Å². The normalized spacial score (nSPS) is 16.1. The van der Waals surface area contributed by atoms with Crippen LogP contribution in [0, 0.1) is 11.6 Å². The molecule has 128 valence electrons. The number of halogens is 2. The number of rotatable bonds is 3. The van der Waals surface area contributed by atoms with E-state index >= 15 is 0 Å². The Bertz CT molecular complexity index is 914. The number of imide groups is 1. The molecular weight excluding hydrogens is 352 g/mol. The maximum Gasteiger partial charge on any atom is 0.293 e. The number of aromatic hydroxyl groups is 2. The third-order valence-electron chi connectivity index (χ3n) is 3.51. The van der Waals surface area contributed by atoms with Crippen molar-refractivity contribution >= 4 is 29.0 Å². The van der Waals surface area contributed by atoms with Crippen molar-refractivity contribution < 1.29 is 28.6 Å². The van der Waals surface area contributed by atoms with Gasteiger partial charge in [-0.15, -0.1) is 0 Å². The van der Waals surface area contributed by atoms with Gasteiger partial charge in [0.1, 0.15) is 5.75 Å². The SMILES string of the molecule is O=C1SC(=Cc2ccc(F)c(O)c2F)C(=O)N1Cc1cccc(O)c1. The number of hydrogen-bond acceptors (Lipinski definition) is 5. The highest BCUT2D eigenvalue weighted by Gasteiger charge is 2.35. The first-order valence-electron chi connectivity index (χ1n) is 7.07. The van der Waals surface area contributed by atoms with Crippen LogP contribution in [0.25, 0.3) is 6.08 Å². The van der Waals surface area contributed by atoms with Crippen LogP contribution >= 0.6 is 11.8 Å². The van der Waals surface area contributed by atoms with Crippen molar-refractivity contribution in [2.75, 3.05) is 0 Å². The Labute approximate surface area is 145 Å². The summed E-state index contributed by atoms with van der Waals surface area (Å²) in [4.78, 5) is 25.3. The molecule has 1 saturated heterocycles. The van der Waals surface area contributed by atoms with Crippen molar-refractivity contribution in [1.82, 2.24) is 4.90 Å². The van der Waals surface area contributed by atoms with Gasteiger partial charge in [-0.1, -0.05) is 12.1 Å². The molecule has 0 atom stereocenters. The van der Waals surface area contributed by atoms with E-state index in [1.165, 1.54) is 12.1 Å². The smallest absolute Gasteiger partial charge is 0.293 e. The second-order valence-corrected chi connectivity index (χ2v) is 6.23. The molecule has 0 aliphatic carbocycles. The quantitative estimate of drug-likeness (QED) is 0.815. The summed E-state index contributed by atoms with van der Waals surface area (Å²) >= 11 is 0.613. The minimum atomic E-state index is -1.21. The molecule has 3 rings (SSSR count). The fourth-order valence-electron chi connectivity index (χ4n) is 2.28. The van der Waals surface area contributed by atoms with Gasteiger partial charge < -0.3 is 10.2 Å². The number of hydrogen-bond donors (Lipinski definition) is 2. The molecule has 1 aliphatic heterocycles. The minimum Gasteiger partial charge on any atom is -0.508 e. The van der Waals surface area contributed by atoms with Gasteiger partial charge in [-0.25, -0.2) is 8.78 Å². The number of carbonyl (C=O) groups is 2. The van der Waals surface area contributed by atoms with E-state index in [0.29, 0.717) is 17.3 Å². The van der Waals surface area contributed by atoms with Gasteiger partial charge in [0, 0.05) is 5.56 Å². The van der Waals surface area contributed by atoms with E-state index in [9.17, 15) is 28.6 Å². The number of benzene rings is 2. The predicted molar refractivity (Wildman–Crippen MR) is 87.6 cm³/mol. The van der Waals surface area contributed by atoms with E-state index in [-0.39, 0.29) is 22.8 Å². The van der Waals surface area contributed by atoms with Crippen LogP contribution in [-0.4, -0.2) is 26.3 Å². The van der Waals surface area contributed by atoms with Crippen LogP contribution < -0.4 is 0 Å². The first kappa shape index (κ1) is 17.0. The Hall–Kier alpha value is -2.87. The average Bonchev–Trinajstić information content (AvgIpc) is 2.83. The summed E-state index contributed by atoms with van der Waals surface area (Å²) in [6.07, 6.45) is 1.09. The van der Waals surface area contributed by atoms with Crippen molar-refractivity contribution in [3.63, 3.8) is 0 Å². The van der Waals surface area contributed by atoms with Crippen LogP contribution in [0.15, 0.2) is 41.3 Å². The van der Waals surface area contributed by atoms with Crippen molar-refractivity contribution in [3.05, 3.63) is 64.1 Å². The number of phenols is 2. The molecule has 0 bridgehead atoms. The molecule has 0 aromatic heterocycles. The predicted octanol–water partition coefficient (Wildman–Crippen LogP) is 3.61. The summed E-state index contributed by atoms with van der Waals surface area (Å²) in [6.45, 7) is -0.0481. The van der Waals surface area contributed by atoms with Crippen molar-refractivity contribution in [3.8, 4) is 11.5 Å². The van der Waals surface area contributed by atoms with Gasteiger partial charge in [-0.3, -0.25) is 14.5 Å². The molecule has 2 amide bonds. The molecule has 25 heavy (non-hydrogen) atoms. The number of amides is 2. The van der Waals surface area contributed by atoms with E-state index in [1.807, 2.05) is 0 Å². The first-order valence-corrected chi connectivity index (χ1v) is 7.88. The number of nitrogens with zero attached hydrogens (tertiary/aromatic N) is 1. The summed E-state index contributed by atoms with van der Waals surface area (Å²) in [5.74, 6) is -4.11. The fourth-order valence-corrected chi connectivity index (χ4v) is 3.11. The average molecular weight is 363 g/mol. The molecule has 2 aromatic rings. The topological polar surface area (TPSA) is 77.8 Å². The number of thioether (sulfide) groups is 1. The van der Waals surface area contributed by atoms with E-state index in [0.717, 1.165) is 23.1 Å². The van der Waals surface area contributed by atoms with E-state index < -0.39 is 28.5 Å². The Morgan fingerprint density at radius 1 is 1.12 bits per heavy atom. The Morgan fingerprint density at radius 3 is 2.60 bits per heavy atom. The van der Waals surface area contributed by atoms with Crippen LogP contribution in [0.2, 0.25) is 0 Å². The number of phenolic OH excluding ortho intramolecular Hbond substituents is 2. The molecule has 2 N–H and O–H groups in total. The Balaban J connectivity index is 1.87. The summed E-state index contributed by atoms with van der Waals surface area (Å²) in [5.41, 5.74) is 0.343. The highest BCUT2D eigenvalue weighted by molar-refractivity contribution is 8.18. The highest BCUT2D eigenvalue weighted by atomic mass is 32.2. The molecule has 0 saturated carbocycles. The molecule has 0 radical (unpaired) electrons. The van der Waals surface area contributed by atoms with Gasteiger partial charge in [0.15, 0.2) is 17.4 Å². The standard InChI is InChI=1S/C17H11F2NO4S/c18-12-5-4-10(14(19)15(12)22)7-13-16(23)20(17(24)25-13)8-9-2-1-3-11(21)6-9/h1-7,21-22H,8H2. The third kappa shape index (κ3) is 3.34. The molecule has 0 spiro atoms. The van der Waals surface area contributed by atoms with Crippen LogP contribution in [0.1, 0.15) is 11.1 Å². The second-order valence-electron chi connectivity index (χ2n) is 5.24. The monoisotopic (exact) mass is 363 g/mol. The van der Waals surface area contributed by atoms with Crippen molar-refractivity contribution in [2.45, 2.75) is 6.54 Å². The summed E-state index contributed by atoms with van der Waals surface area (Å²) in [6, 6.07) is 8.03. The van der Waals surface area contributed by atoms with E-state index in [2.05, 4.69) is 0 Å². The molecule has 8 heteroatoms. The van der Waals surface area contributed by atoms with Crippen molar-refractivity contribution in [2.24, 2.45) is 0 Å². The maximum absolute atomic E-state index is 13.8. The van der Waals surface area contributed by atoms with Gasteiger partial charge in [0.25, 0.3) is 11.1 Å². The zero-order valence-electron chi connectivity index (χ0n) is 12.6. The molecule has 1 fully saturated rings. The summed E-state index contributed by atoms with van der Waals surface area (Å²) in [7, 11) is 0. The molecule has 2 aromatic carbocycles. The molecule has 1 aliphatic rings. The second kappa shape index (κ2) is 6.56. The third-order valence-corrected chi connectivity index (χ3v) is 4.42. The Morgan fingerprint density at radius 2 is 1.88 bits per heavy atom. The van der Waals surface area contributed by atoms with Crippen molar-refractivity contribution in [1.29, 1.82) is 0 Å².